The third-order valence-electron chi connectivity index (χ3n) is 2.99. The summed E-state index contributed by atoms with van der Waals surface area (Å²) in [5, 5.41) is 5.78. The summed E-state index contributed by atoms with van der Waals surface area (Å²) >= 11 is 1.83. The van der Waals surface area contributed by atoms with Crippen LogP contribution in [0.25, 0.3) is 0 Å². The lowest BCUT2D eigenvalue weighted by atomic mass is 10.1. The van der Waals surface area contributed by atoms with E-state index in [4.69, 9.17) is 0 Å². The van der Waals surface area contributed by atoms with E-state index in [-0.39, 0.29) is 0 Å². The number of pyridine rings is 1. The summed E-state index contributed by atoms with van der Waals surface area (Å²) in [6.07, 6.45) is 4.33. The van der Waals surface area contributed by atoms with E-state index in [0.717, 1.165) is 12.2 Å². The number of rotatable bonds is 6. The van der Waals surface area contributed by atoms with Gasteiger partial charge in [-0.15, -0.1) is 11.3 Å². The van der Waals surface area contributed by atoms with Crippen LogP contribution in [0.1, 0.15) is 41.9 Å². The zero-order chi connectivity index (χ0) is 12.8. The third kappa shape index (κ3) is 3.65. The minimum Gasteiger partial charge on any atom is -0.305 e. The number of nitrogens with zero attached hydrogens (tertiary/aromatic N) is 1. The van der Waals surface area contributed by atoms with E-state index >= 15 is 0 Å². The van der Waals surface area contributed by atoms with Crippen molar-refractivity contribution in [3.05, 3.63) is 52.0 Å². The van der Waals surface area contributed by atoms with Gasteiger partial charge in [-0.2, -0.15) is 0 Å². The Morgan fingerprint density at radius 2 is 2.22 bits per heavy atom. The largest absolute Gasteiger partial charge is 0.305 e. The van der Waals surface area contributed by atoms with Crippen molar-refractivity contribution in [2.45, 2.75) is 39.3 Å². The average molecular weight is 260 g/mol. The highest BCUT2D eigenvalue weighted by molar-refractivity contribution is 7.10. The molecule has 2 rings (SSSR count). The number of aromatic nitrogens is 1. The van der Waals surface area contributed by atoms with Gasteiger partial charge in [-0.25, -0.2) is 0 Å². The molecule has 0 amide bonds. The molecule has 2 aromatic rings. The predicted molar refractivity (Wildman–Crippen MR) is 77.8 cm³/mol. The molecule has 0 spiro atoms. The molecule has 0 aliphatic carbocycles. The van der Waals surface area contributed by atoms with Crippen molar-refractivity contribution in [1.29, 1.82) is 0 Å². The molecular formula is C15H20N2S. The molecule has 0 aromatic carbocycles. The van der Waals surface area contributed by atoms with Crippen LogP contribution in [0.15, 0.2) is 35.8 Å². The Balaban J connectivity index is 1.95. The van der Waals surface area contributed by atoms with Gasteiger partial charge in [0.2, 0.25) is 0 Å². The van der Waals surface area contributed by atoms with Crippen molar-refractivity contribution in [1.82, 2.24) is 10.3 Å². The first-order valence-corrected chi connectivity index (χ1v) is 7.36. The van der Waals surface area contributed by atoms with Crippen LogP contribution in [0.2, 0.25) is 0 Å². The first-order valence-electron chi connectivity index (χ1n) is 6.48. The maximum Gasteiger partial charge on any atom is 0.0417 e. The van der Waals surface area contributed by atoms with Crippen LogP contribution in [0.4, 0.5) is 0 Å². The van der Waals surface area contributed by atoms with Crippen LogP contribution in [0.3, 0.4) is 0 Å². The van der Waals surface area contributed by atoms with E-state index in [1.165, 1.54) is 23.3 Å². The Labute approximate surface area is 113 Å². The minimum absolute atomic E-state index is 0.469. The number of aryl methyl sites for hydroxylation is 1. The lowest BCUT2D eigenvalue weighted by Crippen LogP contribution is -2.20. The van der Waals surface area contributed by atoms with E-state index in [1.807, 2.05) is 24.5 Å². The zero-order valence-electron chi connectivity index (χ0n) is 11.0. The maximum absolute atomic E-state index is 4.33. The van der Waals surface area contributed by atoms with E-state index in [1.54, 1.807) is 0 Å². The van der Waals surface area contributed by atoms with Crippen molar-refractivity contribution in [2.75, 3.05) is 0 Å². The Morgan fingerprint density at radius 3 is 2.83 bits per heavy atom. The standard InChI is InChI=1S/C15H20N2S/c1-3-5-14(15-6-4-9-18-15)17-11-13-8-7-12(2)16-10-13/h4,6-10,14,17H,3,5,11H2,1-2H3. The average Bonchev–Trinajstić information content (AvgIpc) is 2.90. The van der Waals surface area contributed by atoms with Crippen molar-refractivity contribution in [3.63, 3.8) is 0 Å². The fourth-order valence-electron chi connectivity index (χ4n) is 1.97. The Hall–Kier alpha value is -1.19. The Bertz CT molecular complexity index is 448. The molecule has 0 saturated heterocycles. The minimum atomic E-state index is 0.469. The van der Waals surface area contributed by atoms with E-state index in [0.29, 0.717) is 6.04 Å². The first kappa shape index (κ1) is 13.2. The molecule has 1 unspecified atom stereocenters. The molecule has 0 saturated carbocycles. The van der Waals surface area contributed by atoms with Gasteiger partial charge in [0.25, 0.3) is 0 Å². The van der Waals surface area contributed by atoms with Gasteiger partial charge in [0.05, 0.1) is 0 Å². The van der Waals surface area contributed by atoms with Crippen LogP contribution in [0.5, 0.6) is 0 Å². The molecule has 1 N–H and O–H groups in total. The molecule has 3 heteroatoms. The summed E-state index contributed by atoms with van der Waals surface area (Å²) in [5.41, 5.74) is 2.32. The molecule has 2 aromatic heterocycles. The van der Waals surface area contributed by atoms with Crippen molar-refractivity contribution < 1.29 is 0 Å². The molecule has 1 atom stereocenters. The van der Waals surface area contributed by atoms with Crippen LogP contribution in [0, 0.1) is 6.92 Å². The molecule has 96 valence electrons. The smallest absolute Gasteiger partial charge is 0.0417 e. The Kier molecular flexibility index (Phi) is 4.90. The monoisotopic (exact) mass is 260 g/mol. The summed E-state index contributed by atoms with van der Waals surface area (Å²) in [7, 11) is 0. The third-order valence-corrected chi connectivity index (χ3v) is 3.98. The summed E-state index contributed by atoms with van der Waals surface area (Å²) in [4.78, 5) is 5.76. The topological polar surface area (TPSA) is 24.9 Å². The molecule has 2 heterocycles. The Morgan fingerprint density at radius 1 is 1.33 bits per heavy atom. The van der Waals surface area contributed by atoms with Crippen molar-refractivity contribution in [2.24, 2.45) is 0 Å². The van der Waals surface area contributed by atoms with E-state index < -0.39 is 0 Å². The number of nitrogens with one attached hydrogen (secondary N) is 1. The molecule has 0 fully saturated rings. The van der Waals surface area contributed by atoms with Crippen LogP contribution < -0.4 is 5.32 Å². The second-order valence-corrected chi connectivity index (χ2v) is 5.52. The molecule has 0 aliphatic rings. The van der Waals surface area contributed by atoms with Gasteiger partial charge < -0.3 is 5.32 Å². The van der Waals surface area contributed by atoms with E-state index in [2.05, 4.69) is 46.9 Å². The van der Waals surface area contributed by atoms with Gasteiger partial charge in [-0.1, -0.05) is 25.5 Å². The lowest BCUT2D eigenvalue weighted by Gasteiger charge is -2.16. The van der Waals surface area contributed by atoms with Crippen molar-refractivity contribution in [3.8, 4) is 0 Å². The highest BCUT2D eigenvalue weighted by Gasteiger charge is 2.10. The normalized spacial score (nSPS) is 12.6. The van der Waals surface area contributed by atoms with E-state index in [9.17, 15) is 0 Å². The molecular weight excluding hydrogens is 240 g/mol. The fraction of sp³-hybridized carbons (Fsp3) is 0.400. The molecule has 0 bridgehead atoms. The van der Waals surface area contributed by atoms with Crippen molar-refractivity contribution >= 4 is 11.3 Å². The van der Waals surface area contributed by atoms with Crippen LogP contribution >= 0.6 is 11.3 Å². The van der Waals surface area contributed by atoms with Gasteiger partial charge in [-0.3, -0.25) is 4.98 Å². The molecule has 0 aliphatic heterocycles. The van der Waals surface area contributed by atoms with Crippen LogP contribution in [-0.2, 0) is 6.54 Å². The lowest BCUT2D eigenvalue weighted by molar-refractivity contribution is 0.500. The number of hydrogen-bond acceptors (Lipinski definition) is 3. The highest BCUT2D eigenvalue weighted by Crippen LogP contribution is 2.23. The predicted octanol–water partition coefficient (Wildman–Crippen LogP) is 4.08. The second-order valence-electron chi connectivity index (χ2n) is 4.55. The summed E-state index contributed by atoms with van der Waals surface area (Å²) < 4.78 is 0. The van der Waals surface area contributed by atoms with Gasteiger partial charge in [-0.05, 0) is 36.4 Å². The van der Waals surface area contributed by atoms with Crippen LogP contribution in [-0.4, -0.2) is 4.98 Å². The fourth-order valence-corrected chi connectivity index (χ4v) is 2.80. The summed E-state index contributed by atoms with van der Waals surface area (Å²) in [6.45, 7) is 5.13. The molecule has 2 nitrogen and oxygen atoms in total. The molecule has 18 heavy (non-hydrogen) atoms. The molecule has 0 radical (unpaired) electrons. The summed E-state index contributed by atoms with van der Waals surface area (Å²) in [6, 6.07) is 9.02. The number of hydrogen-bond donors (Lipinski definition) is 1. The summed E-state index contributed by atoms with van der Waals surface area (Å²) in [5.74, 6) is 0. The van der Waals surface area contributed by atoms with Gasteiger partial charge >= 0.3 is 0 Å². The van der Waals surface area contributed by atoms with Gasteiger partial charge in [0.1, 0.15) is 0 Å². The van der Waals surface area contributed by atoms with Gasteiger partial charge in [0, 0.05) is 29.4 Å². The zero-order valence-corrected chi connectivity index (χ0v) is 11.8. The van der Waals surface area contributed by atoms with Gasteiger partial charge in [0.15, 0.2) is 0 Å². The number of thiophene rings is 1. The SMILES string of the molecule is CCCC(NCc1ccc(C)nc1)c1cccs1. The maximum atomic E-state index is 4.33. The highest BCUT2D eigenvalue weighted by atomic mass is 32.1. The first-order chi connectivity index (χ1) is 8.79. The second kappa shape index (κ2) is 6.66. The quantitative estimate of drug-likeness (QED) is 0.846.